The normalized spacial score (nSPS) is 19.2. The van der Waals surface area contributed by atoms with E-state index < -0.39 is 21.8 Å². The van der Waals surface area contributed by atoms with Gasteiger partial charge in [-0.1, -0.05) is 29.8 Å². The van der Waals surface area contributed by atoms with E-state index in [1.54, 1.807) is 24.3 Å². The highest BCUT2D eigenvalue weighted by atomic mass is 35.5. The van der Waals surface area contributed by atoms with Crippen LogP contribution in [-0.2, 0) is 9.84 Å². The summed E-state index contributed by atoms with van der Waals surface area (Å²) >= 11 is 5.90. The molecule has 0 fully saturated rings. The molecule has 0 spiro atoms. The van der Waals surface area contributed by atoms with Crippen molar-refractivity contribution in [1.29, 1.82) is 0 Å². The summed E-state index contributed by atoms with van der Waals surface area (Å²) in [5, 5.41) is 2.94. The Morgan fingerprint density at radius 2 is 2.09 bits per heavy atom. The van der Waals surface area contributed by atoms with Crippen LogP contribution in [0.25, 0.3) is 0 Å². The molecule has 1 atom stereocenters. The van der Waals surface area contributed by atoms with E-state index >= 15 is 0 Å². The average molecular weight is 338 g/mol. The van der Waals surface area contributed by atoms with Crippen LogP contribution in [0, 0.1) is 0 Å². The first kappa shape index (κ1) is 14.9. The summed E-state index contributed by atoms with van der Waals surface area (Å²) in [5.74, 6) is -0.460. The third-order valence-electron chi connectivity index (χ3n) is 3.49. The van der Waals surface area contributed by atoms with E-state index in [0.29, 0.717) is 12.0 Å². The van der Waals surface area contributed by atoms with E-state index in [1.807, 2.05) is 0 Å². The number of benzene rings is 1. The molecule has 0 aliphatic carbocycles. The quantitative estimate of drug-likeness (QED) is 0.902. The highest BCUT2D eigenvalue weighted by Crippen LogP contribution is 2.32. The van der Waals surface area contributed by atoms with Crippen LogP contribution in [0.2, 0.25) is 5.02 Å². The number of carbonyl (C=O) groups is 1. The Morgan fingerprint density at radius 3 is 2.86 bits per heavy atom. The van der Waals surface area contributed by atoms with Crippen molar-refractivity contribution in [3.8, 4) is 0 Å². The summed E-state index contributed by atoms with van der Waals surface area (Å²) in [4.78, 5) is 20.1. The van der Waals surface area contributed by atoms with Crippen molar-refractivity contribution in [1.82, 2.24) is 15.3 Å². The lowest BCUT2D eigenvalue weighted by Crippen LogP contribution is -2.34. The minimum Gasteiger partial charge on any atom is -0.344 e. The lowest BCUT2D eigenvalue weighted by Gasteiger charge is -2.26. The molecule has 0 bridgehead atoms. The van der Waals surface area contributed by atoms with Crippen LogP contribution in [-0.4, -0.2) is 30.0 Å². The second kappa shape index (κ2) is 5.66. The van der Waals surface area contributed by atoms with Gasteiger partial charge in [0.2, 0.25) is 0 Å². The van der Waals surface area contributed by atoms with Crippen LogP contribution in [0.4, 0.5) is 0 Å². The highest BCUT2D eigenvalue weighted by molar-refractivity contribution is 7.91. The number of nitrogens with one attached hydrogen (secondary N) is 1. The van der Waals surface area contributed by atoms with Gasteiger partial charge in [-0.3, -0.25) is 4.79 Å². The van der Waals surface area contributed by atoms with Gasteiger partial charge in [0.1, 0.15) is 12.0 Å². The van der Waals surface area contributed by atoms with E-state index in [1.165, 1.54) is 12.5 Å². The zero-order valence-corrected chi connectivity index (χ0v) is 12.9. The number of hydrogen-bond acceptors (Lipinski definition) is 5. The van der Waals surface area contributed by atoms with E-state index in [-0.39, 0.29) is 21.4 Å². The Labute approximate surface area is 132 Å². The number of hydrogen-bond donors (Lipinski definition) is 1. The number of nitrogens with zero attached hydrogens (tertiary/aromatic N) is 2. The molecule has 1 aromatic carbocycles. The molecule has 114 valence electrons. The fourth-order valence-electron chi connectivity index (χ4n) is 2.45. The van der Waals surface area contributed by atoms with Crippen molar-refractivity contribution < 1.29 is 13.2 Å². The van der Waals surface area contributed by atoms with Gasteiger partial charge in [-0.25, -0.2) is 18.4 Å². The molecule has 1 aliphatic heterocycles. The minimum atomic E-state index is -3.29. The maximum Gasteiger partial charge on any atom is 0.272 e. The van der Waals surface area contributed by atoms with Gasteiger partial charge in [0, 0.05) is 6.20 Å². The lowest BCUT2D eigenvalue weighted by atomic mass is 10.0. The summed E-state index contributed by atoms with van der Waals surface area (Å²) in [7, 11) is -3.29. The summed E-state index contributed by atoms with van der Waals surface area (Å²) in [6.07, 6.45) is 2.89. The molecule has 8 heteroatoms. The Bertz CT molecular complexity index is 839. The van der Waals surface area contributed by atoms with Crippen LogP contribution >= 0.6 is 11.6 Å². The molecule has 2 heterocycles. The molecule has 0 radical (unpaired) electrons. The van der Waals surface area contributed by atoms with E-state index in [2.05, 4.69) is 15.3 Å². The molecule has 1 unspecified atom stereocenters. The van der Waals surface area contributed by atoms with Gasteiger partial charge in [-0.2, -0.15) is 0 Å². The van der Waals surface area contributed by atoms with Crippen molar-refractivity contribution in [3.05, 3.63) is 53.1 Å². The summed E-state index contributed by atoms with van der Waals surface area (Å²) in [5.41, 5.74) is 0.662. The number of halogens is 1. The molecular weight excluding hydrogens is 326 g/mol. The standard InChI is InChI=1S/C14H12ClN3O3S/c15-10-7-16-8-17-13(10)14(19)18-11-5-6-22(20,21)12-4-2-1-3-9(11)12/h1-4,7-8,11H,5-6H2,(H,18,19). The van der Waals surface area contributed by atoms with Crippen LogP contribution in [0.3, 0.4) is 0 Å². The zero-order valence-electron chi connectivity index (χ0n) is 11.4. The highest BCUT2D eigenvalue weighted by Gasteiger charge is 2.31. The number of rotatable bonds is 2. The summed E-state index contributed by atoms with van der Waals surface area (Å²) in [6, 6.07) is 6.29. The fraction of sp³-hybridized carbons (Fsp3) is 0.214. The molecule has 1 aliphatic rings. The van der Waals surface area contributed by atoms with E-state index in [0.717, 1.165) is 0 Å². The number of fused-ring (bicyclic) bond motifs is 1. The van der Waals surface area contributed by atoms with Gasteiger partial charge in [0.05, 0.1) is 21.7 Å². The Hall–Kier alpha value is -1.99. The Balaban J connectivity index is 1.91. The molecule has 3 rings (SSSR count). The molecule has 1 aromatic heterocycles. The molecule has 1 N–H and O–H groups in total. The predicted molar refractivity (Wildman–Crippen MR) is 80.4 cm³/mol. The first-order valence-corrected chi connectivity index (χ1v) is 8.60. The Morgan fingerprint density at radius 1 is 1.32 bits per heavy atom. The number of amides is 1. The average Bonchev–Trinajstić information content (AvgIpc) is 2.51. The van der Waals surface area contributed by atoms with Gasteiger partial charge in [0.15, 0.2) is 9.84 Å². The van der Waals surface area contributed by atoms with Crippen LogP contribution < -0.4 is 5.32 Å². The first-order valence-electron chi connectivity index (χ1n) is 6.57. The third-order valence-corrected chi connectivity index (χ3v) is 5.58. The molecule has 0 saturated carbocycles. The fourth-order valence-corrected chi connectivity index (χ4v) is 4.26. The summed E-state index contributed by atoms with van der Waals surface area (Å²) < 4.78 is 24.1. The van der Waals surface area contributed by atoms with Crippen LogP contribution in [0.15, 0.2) is 41.7 Å². The second-order valence-corrected chi connectivity index (χ2v) is 7.38. The minimum absolute atomic E-state index is 0.00747. The van der Waals surface area contributed by atoms with Gasteiger partial charge < -0.3 is 5.32 Å². The van der Waals surface area contributed by atoms with Gasteiger partial charge >= 0.3 is 0 Å². The first-order chi connectivity index (χ1) is 10.5. The molecule has 0 saturated heterocycles. The maximum atomic E-state index is 12.3. The lowest BCUT2D eigenvalue weighted by molar-refractivity contribution is 0.0929. The number of carbonyl (C=O) groups excluding carboxylic acids is 1. The van der Waals surface area contributed by atoms with E-state index in [9.17, 15) is 13.2 Å². The monoisotopic (exact) mass is 337 g/mol. The van der Waals surface area contributed by atoms with Gasteiger partial charge in [0.25, 0.3) is 5.91 Å². The molecular formula is C14H12ClN3O3S. The smallest absolute Gasteiger partial charge is 0.272 e. The zero-order chi connectivity index (χ0) is 15.7. The Kier molecular flexibility index (Phi) is 3.84. The van der Waals surface area contributed by atoms with Crippen molar-refractivity contribution in [2.75, 3.05) is 5.75 Å². The molecule has 6 nitrogen and oxygen atoms in total. The van der Waals surface area contributed by atoms with Crippen molar-refractivity contribution in [2.24, 2.45) is 0 Å². The second-order valence-electron chi connectivity index (χ2n) is 4.89. The molecule has 22 heavy (non-hydrogen) atoms. The summed E-state index contributed by atoms with van der Waals surface area (Å²) in [6.45, 7) is 0. The van der Waals surface area contributed by atoms with Crippen molar-refractivity contribution in [3.63, 3.8) is 0 Å². The predicted octanol–water partition coefficient (Wildman–Crippen LogP) is 1.78. The molecule has 2 aromatic rings. The maximum absolute atomic E-state index is 12.3. The van der Waals surface area contributed by atoms with Crippen molar-refractivity contribution in [2.45, 2.75) is 17.4 Å². The van der Waals surface area contributed by atoms with Crippen molar-refractivity contribution >= 4 is 27.3 Å². The number of sulfone groups is 1. The largest absolute Gasteiger partial charge is 0.344 e. The van der Waals surface area contributed by atoms with E-state index in [4.69, 9.17) is 11.6 Å². The van der Waals surface area contributed by atoms with Crippen LogP contribution in [0.5, 0.6) is 0 Å². The third kappa shape index (κ3) is 2.69. The van der Waals surface area contributed by atoms with Crippen LogP contribution in [0.1, 0.15) is 28.5 Å². The topological polar surface area (TPSA) is 89.0 Å². The molecule has 1 amide bonds. The number of aromatic nitrogens is 2. The van der Waals surface area contributed by atoms with Gasteiger partial charge in [-0.05, 0) is 18.1 Å². The SMILES string of the molecule is O=C(NC1CCS(=O)(=O)c2ccccc21)c1ncncc1Cl. The van der Waals surface area contributed by atoms with Gasteiger partial charge in [-0.15, -0.1) is 0 Å².